The molecule has 0 N–H and O–H groups in total. The summed E-state index contributed by atoms with van der Waals surface area (Å²) in [6.45, 7) is 8.31. The van der Waals surface area contributed by atoms with Crippen LogP contribution in [0.2, 0.25) is 0 Å². The van der Waals surface area contributed by atoms with Gasteiger partial charge in [0.05, 0.1) is 17.1 Å². The number of benzene rings is 2. The molecule has 196 valence electrons. The zero-order chi connectivity index (χ0) is 25.8. The normalized spacial score (nSPS) is 10.7. The summed E-state index contributed by atoms with van der Waals surface area (Å²) in [6, 6.07) is 16.2. The first kappa shape index (κ1) is 32.0. The van der Waals surface area contributed by atoms with E-state index in [4.69, 9.17) is 9.98 Å². The summed E-state index contributed by atoms with van der Waals surface area (Å²) in [7, 11) is 0. The first-order valence-electron chi connectivity index (χ1n) is 13.5. The minimum atomic E-state index is 0. The Morgan fingerprint density at radius 3 is 2.03 bits per heavy atom. The second kappa shape index (κ2) is 20.1. The van der Waals surface area contributed by atoms with Gasteiger partial charge in [-0.15, -0.1) is 5.92 Å². The zero-order valence-corrected chi connectivity index (χ0v) is 23.9. The van der Waals surface area contributed by atoms with E-state index in [9.17, 15) is 0 Å². The van der Waals surface area contributed by atoms with Gasteiger partial charge in [0, 0.05) is 40.5 Å². The Kier molecular flexibility index (Phi) is 17.3. The van der Waals surface area contributed by atoms with Crippen LogP contribution in [0.15, 0.2) is 58.5 Å². The van der Waals surface area contributed by atoms with Crippen molar-refractivity contribution in [1.29, 1.82) is 0 Å². The summed E-state index contributed by atoms with van der Waals surface area (Å²) in [6.07, 6.45) is 10.9. The average Bonchev–Trinajstić information content (AvgIpc) is 2.89. The van der Waals surface area contributed by atoms with Gasteiger partial charge in [-0.3, -0.25) is 4.99 Å². The topological polar surface area (TPSA) is 24.7 Å². The van der Waals surface area contributed by atoms with Crippen molar-refractivity contribution in [1.82, 2.24) is 0 Å². The quantitative estimate of drug-likeness (QED) is 0.119. The molecule has 3 heteroatoms. The van der Waals surface area contributed by atoms with Gasteiger partial charge in [-0.2, -0.15) is 0 Å². The van der Waals surface area contributed by atoms with Crippen LogP contribution in [0.4, 0.5) is 11.4 Å². The van der Waals surface area contributed by atoms with Crippen LogP contribution in [0.5, 0.6) is 0 Å². The summed E-state index contributed by atoms with van der Waals surface area (Å²) >= 11 is 0. The molecule has 2 aromatic rings. The van der Waals surface area contributed by atoms with Crippen LogP contribution in [0, 0.1) is 35.5 Å². The standard InChI is InChI=1S/C34H40N2.Ni/c1-5-9-12-13-14-16-26-34(36-32-24-18-22-30(28-32)20-11-7-3)33(25-15-10-6-2)35-31-23-17-21-29(27-31)19-8-4;/h17-18,21-24,27-28H,5-7,9-10,12-14,16,26H2,1-4H3;. The summed E-state index contributed by atoms with van der Waals surface area (Å²) in [5, 5.41) is 0. The molecule has 0 heterocycles. The Bertz CT molecular complexity index is 1200. The van der Waals surface area contributed by atoms with Gasteiger partial charge in [-0.1, -0.05) is 88.7 Å². The van der Waals surface area contributed by atoms with Gasteiger partial charge in [0.1, 0.15) is 5.71 Å². The molecule has 2 aromatic carbocycles. The second-order valence-electron chi connectivity index (χ2n) is 8.72. The molecule has 0 atom stereocenters. The van der Waals surface area contributed by atoms with Crippen LogP contribution in [0.25, 0.3) is 0 Å². The molecule has 0 amide bonds. The molecule has 2 rings (SSSR count). The van der Waals surface area contributed by atoms with Crippen LogP contribution in [-0.2, 0) is 16.5 Å². The summed E-state index contributed by atoms with van der Waals surface area (Å²) in [4.78, 5) is 10.1. The fraction of sp³-hybridized carbons (Fsp3) is 0.412. The second-order valence-corrected chi connectivity index (χ2v) is 8.72. The van der Waals surface area contributed by atoms with E-state index in [1.807, 2.05) is 49.4 Å². The minimum absolute atomic E-state index is 0. The van der Waals surface area contributed by atoms with E-state index < -0.39 is 0 Å². The SMILES string of the molecule is CC#Cc1cccc(N=C(C#CCCC)C(CCCCCCCC)=Nc2cccc(C#CCC)c2)c1.[Ni]. The predicted octanol–water partition coefficient (Wildman–Crippen LogP) is 9.22. The van der Waals surface area contributed by atoms with E-state index in [0.29, 0.717) is 0 Å². The number of rotatable bonds is 11. The van der Waals surface area contributed by atoms with Crippen molar-refractivity contribution < 1.29 is 16.5 Å². The maximum Gasteiger partial charge on any atom is 0.135 e. The first-order chi connectivity index (χ1) is 17.7. The Balaban J connectivity index is 0.00000684. The molecule has 0 saturated carbocycles. The molecule has 0 unspecified atom stereocenters. The minimum Gasteiger partial charge on any atom is -0.250 e. The van der Waals surface area contributed by atoms with Gasteiger partial charge in [-0.05, 0) is 68.5 Å². The van der Waals surface area contributed by atoms with Crippen LogP contribution in [0.1, 0.15) is 103 Å². The van der Waals surface area contributed by atoms with Gasteiger partial charge in [0.25, 0.3) is 0 Å². The van der Waals surface area contributed by atoms with Gasteiger partial charge >= 0.3 is 0 Å². The van der Waals surface area contributed by atoms with Crippen LogP contribution < -0.4 is 0 Å². The predicted molar refractivity (Wildman–Crippen MR) is 157 cm³/mol. The van der Waals surface area contributed by atoms with Crippen LogP contribution >= 0.6 is 0 Å². The molecule has 0 aliphatic heterocycles. The van der Waals surface area contributed by atoms with E-state index in [2.05, 4.69) is 62.4 Å². The third-order valence-corrected chi connectivity index (χ3v) is 5.50. The summed E-state index contributed by atoms with van der Waals surface area (Å²) in [5.41, 5.74) is 5.39. The van der Waals surface area contributed by atoms with Gasteiger partial charge < -0.3 is 0 Å². The number of nitrogens with zero attached hydrogens (tertiary/aromatic N) is 2. The third-order valence-electron chi connectivity index (χ3n) is 5.50. The smallest absolute Gasteiger partial charge is 0.135 e. The zero-order valence-electron chi connectivity index (χ0n) is 22.9. The number of hydrogen-bond acceptors (Lipinski definition) is 2. The molecule has 0 fully saturated rings. The van der Waals surface area contributed by atoms with Gasteiger partial charge in [0.2, 0.25) is 0 Å². The molecule has 0 aliphatic carbocycles. The molecule has 0 saturated heterocycles. The van der Waals surface area contributed by atoms with Crippen LogP contribution in [-0.4, -0.2) is 11.4 Å². The van der Waals surface area contributed by atoms with Crippen molar-refractivity contribution in [2.75, 3.05) is 0 Å². The van der Waals surface area contributed by atoms with E-state index >= 15 is 0 Å². The third kappa shape index (κ3) is 13.2. The molecule has 2 nitrogen and oxygen atoms in total. The van der Waals surface area contributed by atoms with Crippen molar-refractivity contribution in [3.05, 3.63) is 59.7 Å². The van der Waals surface area contributed by atoms with Crippen molar-refractivity contribution in [3.63, 3.8) is 0 Å². The van der Waals surface area contributed by atoms with E-state index in [1.165, 1.54) is 32.1 Å². The Morgan fingerprint density at radius 2 is 1.38 bits per heavy atom. The van der Waals surface area contributed by atoms with E-state index in [0.717, 1.165) is 66.0 Å². The molecule has 0 aromatic heterocycles. The number of unbranched alkanes of at least 4 members (excludes halogenated alkanes) is 6. The first-order valence-corrected chi connectivity index (χ1v) is 13.5. The Hall–Kier alpha value is -3.05. The van der Waals surface area contributed by atoms with Crippen molar-refractivity contribution >= 4 is 22.8 Å². The summed E-state index contributed by atoms with van der Waals surface area (Å²) in [5.74, 6) is 19.1. The van der Waals surface area contributed by atoms with E-state index in [-0.39, 0.29) is 16.5 Å². The molecule has 0 spiro atoms. The van der Waals surface area contributed by atoms with E-state index in [1.54, 1.807) is 0 Å². The molecule has 0 aliphatic rings. The average molecular weight is 535 g/mol. The Labute approximate surface area is 235 Å². The largest absolute Gasteiger partial charge is 0.250 e. The molecule has 37 heavy (non-hydrogen) atoms. The number of aliphatic imine (C=N–C) groups is 2. The Morgan fingerprint density at radius 1 is 0.730 bits per heavy atom. The monoisotopic (exact) mass is 534 g/mol. The molecule has 0 bridgehead atoms. The van der Waals surface area contributed by atoms with Crippen molar-refractivity contribution in [2.45, 2.75) is 91.9 Å². The maximum absolute atomic E-state index is 5.08. The fourth-order valence-electron chi connectivity index (χ4n) is 3.66. The van der Waals surface area contributed by atoms with Gasteiger partial charge in [-0.25, -0.2) is 4.99 Å². The van der Waals surface area contributed by atoms with Crippen molar-refractivity contribution in [3.8, 4) is 35.5 Å². The van der Waals surface area contributed by atoms with Crippen LogP contribution in [0.3, 0.4) is 0 Å². The fourth-order valence-corrected chi connectivity index (χ4v) is 3.66. The summed E-state index contributed by atoms with van der Waals surface area (Å²) < 4.78 is 0. The molecular formula is C34H40N2Ni. The number of hydrogen-bond donors (Lipinski definition) is 0. The van der Waals surface area contributed by atoms with Crippen molar-refractivity contribution in [2.24, 2.45) is 9.98 Å². The maximum atomic E-state index is 5.08. The van der Waals surface area contributed by atoms with Gasteiger partial charge in [0.15, 0.2) is 0 Å². The molecular weight excluding hydrogens is 495 g/mol. The molecule has 0 radical (unpaired) electrons.